The van der Waals surface area contributed by atoms with Gasteiger partial charge in [-0.25, -0.2) is 0 Å². The van der Waals surface area contributed by atoms with Crippen LogP contribution >= 0.6 is 11.8 Å². The Morgan fingerprint density at radius 2 is 2.00 bits per heavy atom. The molecule has 18 heavy (non-hydrogen) atoms. The van der Waals surface area contributed by atoms with E-state index < -0.39 is 0 Å². The van der Waals surface area contributed by atoms with Crippen molar-refractivity contribution in [2.24, 2.45) is 0 Å². The topological polar surface area (TPSA) is 32.3 Å². The first-order chi connectivity index (χ1) is 8.76. The Kier molecular flexibility index (Phi) is 5.37. The predicted octanol–water partition coefficient (Wildman–Crippen LogP) is 2.26. The third kappa shape index (κ3) is 3.21. The monoisotopic (exact) mass is 270 g/mol. The van der Waals surface area contributed by atoms with Gasteiger partial charge >= 0.3 is 0 Å². The zero-order valence-electron chi connectivity index (χ0n) is 11.7. The van der Waals surface area contributed by atoms with Gasteiger partial charge in [0.2, 0.25) is 5.91 Å². The van der Waals surface area contributed by atoms with E-state index in [1.54, 1.807) is 0 Å². The number of nitrogens with one attached hydrogen (secondary N) is 1. The second-order valence-corrected chi connectivity index (χ2v) is 6.63. The summed E-state index contributed by atoms with van der Waals surface area (Å²) in [5.74, 6) is 0.357. The Morgan fingerprint density at radius 3 is 2.61 bits per heavy atom. The van der Waals surface area contributed by atoms with Crippen LogP contribution in [-0.4, -0.2) is 47.5 Å². The summed E-state index contributed by atoms with van der Waals surface area (Å²) in [7, 11) is 0. The van der Waals surface area contributed by atoms with Gasteiger partial charge in [0.25, 0.3) is 0 Å². The fraction of sp³-hybridized carbons (Fsp3) is 0.929. The lowest BCUT2D eigenvalue weighted by Gasteiger charge is -2.34. The van der Waals surface area contributed by atoms with Crippen molar-refractivity contribution in [3.05, 3.63) is 0 Å². The first-order valence-electron chi connectivity index (χ1n) is 7.33. The normalized spacial score (nSPS) is 33.1. The lowest BCUT2D eigenvalue weighted by atomic mass is 9.94. The van der Waals surface area contributed by atoms with Crippen LogP contribution in [0, 0.1) is 0 Å². The van der Waals surface area contributed by atoms with Crippen molar-refractivity contribution in [3.63, 3.8) is 0 Å². The molecule has 1 saturated carbocycles. The van der Waals surface area contributed by atoms with Crippen molar-refractivity contribution in [1.82, 2.24) is 10.2 Å². The third-order valence-corrected chi connectivity index (χ3v) is 5.44. The highest BCUT2D eigenvalue weighted by Gasteiger charge is 2.36. The average Bonchev–Trinajstić information content (AvgIpc) is 2.78. The molecule has 1 aliphatic heterocycles. The number of carbonyl (C=O) groups excluding carboxylic acids is 1. The summed E-state index contributed by atoms with van der Waals surface area (Å²) in [6.45, 7) is 4.08. The van der Waals surface area contributed by atoms with Gasteiger partial charge in [-0.2, -0.15) is 11.8 Å². The summed E-state index contributed by atoms with van der Waals surface area (Å²) in [6, 6.07) is 0.623. The standard InChI is InChI=1S/C14H26N2OS/c1-3-9-15-13-8-10-16(14(13)17)11-4-6-12(18-2)7-5-11/h11-13,15H,3-10H2,1-2H3. The summed E-state index contributed by atoms with van der Waals surface area (Å²) >= 11 is 1.99. The molecule has 1 heterocycles. The first kappa shape index (κ1) is 14.2. The van der Waals surface area contributed by atoms with Crippen molar-refractivity contribution in [2.75, 3.05) is 19.3 Å². The fourth-order valence-corrected chi connectivity index (χ4v) is 3.91. The molecule has 1 aliphatic carbocycles. The minimum Gasteiger partial charge on any atom is -0.338 e. The van der Waals surface area contributed by atoms with Crippen LogP contribution < -0.4 is 5.32 Å². The quantitative estimate of drug-likeness (QED) is 0.832. The van der Waals surface area contributed by atoms with Crippen LogP contribution in [0.3, 0.4) is 0 Å². The number of carbonyl (C=O) groups is 1. The molecule has 0 radical (unpaired) electrons. The van der Waals surface area contributed by atoms with E-state index in [2.05, 4.69) is 23.4 Å². The highest BCUT2D eigenvalue weighted by Crippen LogP contribution is 2.31. The number of nitrogens with zero attached hydrogens (tertiary/aromatic N) is 1. The van der Waals surface area contributed by atoms with E-state index in [1.165, 1.54) is 25.7 Å². The van der Waals surface area contributed by atoms with Crippen LogP contribution in [0.15, 0.2) is 0 Å². The maximum absolute atomic E-state index is 12.3. The molecular weight excluding hydrogens is 244 g/mol. The third-order valence-electron chi connectivity index (χ3n) is 4.30. The zero-order chi connectivity index (χ0) is 13.0. The van der Waals surface area contributed by atoms with E-state index in [0.717, 1.165) is 31.2 Å². The van der Waals surface area contributed by atoms with Gasteiger partial charge in [0, 0.05) is 17.8 Å². The lowest BCUT2D eigenvalue weighted by molar-refractivity contribution is -0.131. The summed E-state index contributed by atoms with van der Waals surface area (Å²) in [5.41, 5.74) is 0. The molecule has 104 valence electrons. The van der Waals surface area contributed by atoms with Gasteiger partial charge in [-0.3, -0.25) is 4.79 Å². The van der Waals surface area contributed by atoms with Gasteiger partial charge in [-0.05, 0) is 51.3 Å². The van der Waals surface area contributed by atoms with Crippen LogP contribution in [-0.2, 0) is 4.79 Å². The molecule has 0 spiro atoms. The molecular formula is C14H26N2OS. The fourth-order valence-electron chi connectivity index (χ4n) is 3.17. The second-order valence-electron chi connectivity index (χ2n) is 5.49. The average molecular weight is 270 g/mol. The predicted molar refractivity (Wildman–Crippen MR) is 78.0 cm³/mol. The van der Waals surface area contributed by atoms with Gasteiger partial charge in [-0.1, -0.05) is 6.92 Å². The van der Waals surface area contributed by atoms with Crippen molar-refractivity contribution in [2.45, 2.75) is 62.8 Å². The minimum atomic E-state index is 0.100. The van der Waals surface area contributed by atoms with Crippen LogP contribution in [0.2, 0.25) is 0 Å². The van der Waals surface area contributed by atoms with Gasteiger partial charge in [0.15, 0.2) is 0 Å². The summed E-state index contributed by atoms with van der Waals surface area (Å²) in [6.07, 6.45) is 9.28. The van der Waals surface area contributed by atoms with Crippen molar-refractivity contribution >= 4 is 17.7 Å². The van der Waals surface area contributed by atoms with E-state index in [9.17, 15) is 4.79 Å². The first-order valence-corrected chi connectivity index (χ1v) is 8.61. The number of amides is 1. The number of thioether (sulfide) groups is 1. The number of hydrogen-bond donors (Lipinski definition) is 1. The molecule has 2 aliphatic rings. The second kappa shape index (κ2) is 6.80. The Morgan fingerprint density at radius 1 is 1.28 bits per heavy atom. The minimum absolute atomic E-state index is 0.100. The van der Waals surface area contributed by atoms with E-state index >= 15 is 0 Å². The van der Waals surface area contributed by atoms with E-state index in [1.807, 2.05) is 11.8 Å². The maximum atomic E-state index is 12.3. The van der Waals surface area contributed by atoms with Crippen LogP contribution in [0.5, 0.6) is 0 Å². The van der Waals surface area contributed by atoms with Gasteiger partial charge < -0.3 is 10.2 Å². The molecule has 2 fully saturated rings. The summed E-state index contributed by atoms with van der Waals surface area (Å²) < 4.78 is 0. The van der Waals surface area contributed by atoms with Crippen molar-refractivity contribution in [3.8, 4) is 0 Å². The Labute approximate surface area is 115 Å². The Hall–Kier alpha value is -0.220. The molecule has 1 atom stereocenters. The largest absolute Gasteiger partial charge is 0.338 e. The van der Waals surface area contributed by atoms with Crippen LogP contribution in [0.4, 0.5) is 0 Å². The molecule has 1 unspecified atom stereocenters. The molecule has 3 nitrogen and oxygen atoms in total. The molecule has 1 amide bonds. The van der Waals surface area contributed by atoms with Crippen LogP contribution in [0.25, 0.3) is 0 Å². The van der Waals surface area contributed by atoms with Crippen molar-refractivity contribution in [1.29, 1.82) is 0 Å². The van der Waals surface area contributed by atoms with Crippen molar-refractivity contribution < 1.29 is 4.79 Å². The van der Waals surface area contributed by atoms with Crippen LogP contribution in [0.1, 0.15) is 45.4 Å². The molecule has 0 bridgehead atoms. The number of hydrogen-bond acceptors (Lipinski definition) is 3. The lowest BCUT2D eigenvalue weighted by Crippen LogP contribution is -2.44. The highest BCUT2D eigenvalue weighted by molar-refractivity contribution is 7.99. The Balaban J connectivity index is 1.82. The molecule has 0 aromatic carbocycles. The SMILES string of the molecule is CCCNC1CCN(C2CCC(SC)CC2)C1=O. The van der Waals surface area contributed by atoms with E-state index in [-0.39, 0.29) is 6.04 Å². The molecule has 0 aromatic rings. The van der Waals surface area contributed by atoms with Gasteiger partial charge in [-0.15, -0.1) is 0 Å². The number of likely N-dealkylation sites (tertiary alicyclic amines) is 1. The maximum Gasteiger partial charge on any atom is 0.240 e. The number of rotatable bonds is 5. The molecule has 4 heteroatoms. The summed E-state index contributed by atoms with van der Waals surface area (Å²) in [4.78, 5) is 14.5. The highest BCUT2D eigenvalue weighted by atomic mass is 32.2. The zero-order valence-corrected chi connectivity index (χ0v) is 12.5. The van der Waals surface area contributed by atoms with Gasteiger partial charge in [0.05, 0.1) is 6.04 Å². The molecule has 1 N–H and O–H groups in total. The van der Waals surface area contributed by atoms with E-state index in [0.29, 0.717) is 11.9 Å². The van der Waals surface area contributed by atoms with E-state index in [4.69, 9.17) is 0 Å². The molecule has 2 rings (SSSR count). The Bertz CT molecular complexity index is 277. The summed E-state index contributed by atoms with van der Waals surface area (Å²) in [5, 5.41) is 4.20. The van der Waals surface area contributed by atoms with Gasteiger partial charge in [0.1, 0.15) is 0 Å². The smallest absolute Gasteiger partial charge is 0.240 e. The molecule has 1 saturated heterocycles. The molecule has 0 aromatic heterocycles.